The summed E-state index contributed by atoms with van der Waals surface area (Å²) in [6.45, 7) is 6.11. The van der Waals surface area contributed by atoms with Crippen molar-refractivity contribution in [2.75, 3.05) is 25.0 Å². The van der Waals surface area contributed by atoms with E-state index in [2.05, 4.69) is 35.7 Å². The fourth-order valence-electron chi connectivity index (χ4n) is 4.38. The number of imidazole rings is 1. The molecule has 1 aromatic carbocycles. The van der Waals surface area contributed by atoms with Gasteiger partial charge in [-0.2, -0.15) is 13.2 Å². The summed E-state index contributed by atoms with van der Waals surface area (Å²) < 4.78 is 46.1. The maximum Gasteiger partial charge on any atom is 0.416 e. The van der Waals surface area contributed by atoms with E-state index in [1.807, 2.05) is 18.2 Å². The summed E-state index contributed by atoms with van der Waals surface area (Å²) in [5, 5.41) is 0.719. The van der Waals surface area contributed by atoms with E-state index in [0.29, 0.717) is 17.7 Å². The van der Waals surface area contributed by atoms with Gasteiger partial charge in [-0.25, -0.2) is 9.78 Å². The van der Waals surface area contributed by atoms with Crippen LogP contribution in [0.4, 0.5) is 18.9 Å². The van der Waals surface area contributed by atoms with Crippen molar-refractivity contribution in [1.29, 1.82) is 0 Å². The lowest BCUT2D eigenvalue weighted by Gasteiger charge is -2.43. The summed E-state index contributed by atoms with van der Waals surface area (Å²) in [5.74, 6) is 0. The molecule has 172 valence electrons. The van der Waals surface area contributed by atoms with Crippen LogP contribution in [-0.2, 0) is 6.18 Å². The van der Waals surface area contributed by atoms with Gasteiger partial charge in [0.2, 0.25) is 0 Å². The van der Waals surface area contributed by atoms with Crippen molar-refractivity contribution >= 4 is 22.3 Å². The second-order valence-electron chi connectivity index (χ2n) is 8.74. The zero-order valence-electron chi connectivity index (χ0n) is 18.4. The number of anilines is 1. The molecule has 4 heterocycles. The normalized spacial score (nSPS) is 20.1. The molecule has 0 bridgehead atoms. The number of alkyl halides is 3. The summed E-state index contributed by atoms with van der Waals surface area (Å²) in [6, 6.07) is 10.1. The molecule has 0 spiro atoms. The standard InChI is InChI=1S/C24H23F3N4O2/c1-14-11-31(12-15(2)29(14)3)18-5-4-16-8-19(23(32)33-21(16)10-18)20-13-30-7-6-17(24(25,26)27)9-22(30)28-20/h4-10,13-15H,11-12H2,1-3H3. The molecular weight excluding hydrogens is 433 g/mol. The Kier molecular flexibility index (Phi) is 4.97. The molecule has 0 radical (unpaired) electrons. The first-order valence-corrected chi connectivity index (χ1v) is 10.7. The lowest BCUT2D eigenvalue weighted by molar-refractivity contribution is -0.137. The van der Waals surface area contributed by atoms with Gasteiger partial charge in [0.15, 0.2) is 0 Å². The van der Waals surface area contributed by atoms with Crippen molar-refractivity contribution in [2.45, 2.75) is 32.1 Å². The third kappa shape index (κ3) is 3.86. The van der Waals surface area contributed by atoms with Crippen LogP contribution in [0.15, 0.2) is 58.0 Å². The van der Waals surface area contributed by atoms with Crippen molar-refractivity contribution in [3.8, 4) is 11.3 Å². The maximum absolute atomic E-state index is 13.0. The molecule has 0 amide bonds. The number of pyridine rings is 1. The number of nitrogens with zero attached hydrogens (tertiary/aromatic N) is 4. The van der Waals surface area contributed by atoms with Crippen LogP contribution in [0.3, 0.4) is 0 Å². The number of halogens is 3. The van der Waals surface area contributed by atoms with Gasteiger partial charge in [0.25, 0.3) is 0 Å². The van der Waals surface area contributed by atoms with Crippen LogP contribution in [0.2, 0.25) is 0 Å². The Bertz CT molecular complexity index is 1400. The molecule has 0 N–H and O–H groups in total. The Morgan fingerprint density at radius 1 is 1.06 bits per heavy atom. The van der Waals surface area contributed by atoms with Gasteiger partial charge >= 0.3 is 11.8 Å². The van der Waals surface area contributed by atoms with Crippen LogP contribution in [0.25, 0.3) is 27.9 Å². The molecule has 1 aliphatic rings. The van der Waals surface area contributed by atoms with Crippen molar-refractivity contribution in [3.05, 3.63) is 64.8 Å². The van der Waals surface area contributed by atoms with Crippen LogP contribution >= 0.6 is 0 Å². The number of piperazine rings is 1. The summed E-state index contributed by atoms with van der Waals surface area (Å²) in [7, 11) is 2.12. The van der Waals surface area contributed by atoms with Crippen molar-refractivity contribution < 1.29 is 17.6 Å². The molecular formula is C24H23F3N4O2. The lowest BCUT2D eigenvalue weighted by atomic mass is 10.1. The SMILES string of the molecule is CC1CN(c2ccc3cc(-c4cn5ccc(C(F)(F)F)cc5n4)c(=O)oc3c2)CC(C)N1C. The van der Waals surface area contributed by atoms with E-state index in [9.17, 15) is 18.0 Å². The van der Waals surface area contributed by atoms with Gasteiger partial charge in [0.1, 0.15) is 11.2 Å². The minimum atomic E-state index is -4.47. The van der Waals surface area contributed by atoms with Gasteiger partial charge in [-0.15, -0.1) is 0 Å². The van der Waals surface area contributed by atoms with Gasteiger partial charge in [-0.3, -0.25) is 4.90 Å². The zero-order chi connectivity index (χ0) is 23.5. The Morgan fingerprint density at radius 3 is 2.48 bits per heavy atom. The highest BCUT2D eigenvalue weighted by molar-refractivity contribution is 5.84. The van der Waals surface area contributed by atoms with E-state index in [1.165, 1.54) is 16.8 Å². The molecule has 1 saturated heterocycles. The fraction of sp³-hybridized carbons (Fsp3) is 0.333. The Balaban J connectivity index is 1.51. The van der Waals surface area contributed by atoms with Gasteiger partial charge < -0.3 is 13.7 Å². The number of rotatable bonds is 2. The van der Waals surface area contributed by atoms with E-state index < -0.39 is 17.4 Å². The maximum atomic E-state index is 13.0. The first-order valence-electron chi connectivity index (χ1n) is 10.7. The average Bonchev–Trinajstić information content (AvgIpc) is 3.18. The molecule has 9 heteroatoms. The smallest absolute Gasteiger partial charge is 0.416 e. The van der Waals surface area contributed by atoms with Crippen LogP contribution in [-0.4, -0.2) is 46.5 Å². The summed E-state index contributed by atoms with van der Waals surface area (Å²) in [4.78, 5) is 21.6. The van der Waals surface area contributed by atoms with Crippen LogP contribution < -0.4 is 10.5 Å². The van der Waals surface area contributed by atoms with Crippen molar-refractivity contribution in [3.63, 3.8) is 0 Å². The molecule has 3 aromatic heterocycles. The molecule has 2 atom stereocenters. The molecule has 6 nitrogen and oxygen atoms in total. The summed E-state index contributed by atoms with van der Waals surface area (Å²) in [5.41, 5.74) is 0.635. The predicted molar refractivity (Wildman–Crippen MR) is 121 cm³/mol. The first kappa shape index (κ1) is 21.5. The highest BCUT2D eigenvalue weighted by Crippen LogP contribution is 2.31. The van der Waals surface area contributed by atoms with Gasteiger partial charge in [0, 0.05) is 54.7 Å². The molecule has 0 aliphatic carbocycles. The van der Waals surface area contributed by atoms with E-state index in [0.717, 1.165) is 36.3 Å². The summed E-state index contributed by atoms with van der Waals surface area (Å²) in [6.07, 6.45) is -1.66. The number of aromatic nitrogens is 2. The third-order valence-electron chi connectivity index (χ3n) is 6.51. The van der Waals surface area contributed by atoms with Crippen molar-refractivity contribution in [1.82, 2.24) is 14.3 Å². The van der Waals surface area contributed by atoms with Gasteiger partial charge in [-0.1, -0.05) is 0 Å². The van der Waals surface area contributed by atoms with Gasteiger partial charge in [-0.05, 0) is 51.2 Å². The van der Waals surface area contributed by atoms with Gasteiger partial charge in [0.05, 0.1) is 16.8 Å². The average molecular weight is 456 g/mol. The number of benzene rings is 1. The van der Waals surface area contributed by atoms with Crippen LogP contribution in [0.1, 0.15) is 19.4 Å². The molecule has 4 aromatic rings. The Morgan fingerprint density at radius 2 is 1.79 bits per heavy atom. The Labute approximate surface area is 187 Å². The van der Waals surface area contributed by atoms with E-state index in [1.54, 1.807) is 6.07 Å². The minimum absolute atomic E-state index is 0.105. The van der Waals surface area contributed by atoms with Crippen LogP contribution in [0, 0.1) is 0 Å². The van der Waals surface area contributed by atoms with E-state index >= 15 is 0 Å². The molecule has 33 heavy (non-hydrogen) atoms. The third-order valence-corrected chi connectivity index (χ3v) is 6.51. The molecule has 2 unspecified atom stereocenters. The topological polar surface area (TPSA) is 54.0 Å². The second-order valence-corrected chi connectivity index (χ2v) is 8.74. The predicted octanol–water partition coefficient (Wildman–Crippen LogP) is 4.66. The molecule has 1 aliphatic heterocycles. The van der Waals surface area contributed by atoms with E-state index in [-0.39, 0.29) is 16.9 Å². The van der Waals surface area contributed by atoms with Crippen molar-refractivity contribution in [2.24, 2.45) is 0 Å². The highest BCUT2D eigenvalue weighted by atomic mass is 19.4. The number of hydrogen-bond acceptors (Lipinski definition) is 5. The molecule has 1 fully saturated rings. The fourth-order valence-corrected chi connectivity index (χ4v) is 4.38. The largest absolute Gasteiger partial charge is 0.422 e. The Hall–Kier alpha value is -3.33. The molecule has 0 saturated carbocycles. The zero-order valence-corrected chi connectivity index (χ0v) is 18.4. The minimum Gasteiger partial charge on any atom is -0.422 e. The number of fused-ring (bicyclic) bond motifs is 2. The summed E-state index contributed by atoms with van der Waals surface area (Å²) >= 11 is 0. The quantitative estimate of drug-likeness (QED) is 0.411. The number of hydrogen-bond donors (Lipinski definition) is 0. The monoisotopic (exact) mass is 456 g/mol. The highest BCUT2D eigenvalue weighted by Gasteiger charge is 2.31. The van der Waals surface area contributed by atoms with E-state index in [4.69, 9.17) is 4.42 Å². The molecule has 5 rings (SSSR count). The lowest BCUT2D eigenvalue weighted by Crippen LogP contribution is -2.55. The van der Waals surface area contributed by atoms with Crippen LogP contribution in [0.5, 0.6) is 0 Å². The first-order chi connectivity index (χ1) is 15.6. The number of likely N-dealkylation sites (N-methyl/N-ethyl adjacent to an activating group) is 1. The second kappa shape index (κ2) is 7.62.